The summed E-state index contributed by atoms with van der Waals surface area (Å²) in [4.78, 5) is 20.9. The number of carbonyl (C=O) groups excluding carboxylic acids is 1. The molecule has 2 aromatic heterocycles. The number of halogens is 5. The number of carbonyl (C=O) groups is 1. The molecule has 4 rings (SSSR count). The van der Waals surface area contributed by atoms with Crippen LogP contribution in [-0.4, -0.2) is 64.5 Å². The van der Waals surface area contributed by atoms with Gasteiger partial charge in [-0.05, 0) is 31.2 Å². The van der Waals surface area contributed by atoms with E-state index in [1.807, 2.05) is 11.0 Å². The predicted octanol–water partition coefficient (Wildman–Crippen LogP) is 4.85. The standard InChI is InChI=1S/C23H22Cl2F3N5O2/c1-15-21(25)22(18-4-2-3-7-29-18)30-33(15)13-20(34)32-10-8-31(9-11-32)16-5-6-17(24)19(12-16)35-14-23(26,27)28/h2-7,12H,8-11,13-14H2,1H3. The third-order valence-corrected chi connectivity index (χ3v) is 6.39. The topological polar surface area (TPSA) is 63.5 Å². The van der Waals surface area contributed by atoms with Gasteiger partial charge < -0.3 is 14.5 Å². The van der Waals surface area contributed by atoms with Gasteiger partial charge in [-0.2, -0.15) is 18.3 Å². The minimum Gasteiger partial charge on any atom is -0.482 e. The minimum absolute atomic E-state index is 0.0326. The average Bonchev–Trinajstić information content (AvgIpc) is 3.12. The number of nitrogens with zero attached hydrogens (tertiary/aromatic N) is 5. The molecule has 1 aliphatic rings. The average molecular weight is 528 g/mol. The molecular weight excluding hydrogens is 506 g/mol. The maximum atomic E-state index is 12.9. The number of ether oxygens (including phenoxy) is 1. The molecule has 1 fully saturated rings. The molecule has 0 N–H and O–H groups in total. The number of benzene rings is 1. The first-order valence-electron chi connectivity index (χ1n) is 10.8. The predicted molar refractivity (Wildman–Crippen MR) is 127 cm³/mol. The molecule has 35 heavy (non-hydrogen) atoms. The molecule has 1 amide bonds. The summed E-state index contributed by atoms with van der Waals surface area (Å²) in [5.74, 6) is -0.139. The Balaban J connectivity index is 1.38. The lowest BCUT2D eigenvalue weighted by atomic mass is 10.2. The summed E-state index contributed by atoms with van der Waals surface area (Å²) in [6.45, 7) is 2.31. The Kier molecular flexibility index (Phi) is 7.42. The normalized spacial score (nSPS) is 14.3. The Bertz CT molecular complexity index is 1200. The van der Waals surface area contributed by atoms with E-state index in [4.69, 9.17) is 27.9 Å². The summed E-state index contributed by atoms with van der Waals surface area (Å²) >= 11 is 12.4. The molecule has 1 aliphatic heterocycles. The van der Waals surface area contributed by atoms with E-state index in [9.17, 15) is 18.0 Å². The van der Waals surface area contributed by atoms with Crippen molar-refractivity contribution in [3.05, 3.63) is 58.3 Å². The highest BCUT2D eigenvalue weighted by molar-refractivity contribution is 6.33. The number of hydrogen-bond acceptors (Lipinski definition) is 5. The van der Waals surface area contributed by atoms with Crippen molar-refractivity contribution >= 4 is 34.8 Å². The summed E-state index contributed by atoms with van der Waals surface area (Å²) < 4.78 is 43.9. The molecule has 186 valence electrons. The second-order valence-corrected chi connectivity index (χ2v) is 8.79. The van der Waals surface area contributed by atoms with Crippen molar-refractivity contribution in [1.82, 2.24) is 19.7 Å². The van der Waals surface area contributed by atoms with Crippen LogP contribution in [0.5, 0.6) is 5.75 Å². The van der Waals surface area contributed by atoms with Gasteiger partial charge in [-0.1, -0.05) is 29.3 Å². The molecule has 0 unspecified atom stereocenters. The van der Waals surface area contributed by atoms with Gasteiger partial charge in [0.05, 0.1) is 21.4 Å². The molecule has 3 heterocycles. The van der Waals surface area contributed by atoms with Crippen LogP contribution in [0.1, 0.15) is 5.69 Å². The van der Waals surface area contributed by atoms with Crippen molar-refractivity contribution in [2.75, 3.05) is 37.7 Å². The number of rotatable bonds is 6. The first-order chi connectivity index (χ1) is 16.6. The third kappa shape index (κ3) is 5.99. The fourth-order valence-corrected chi connectivity index (χ4v) is 4.15. The van der Waals surface area contributed by atoms with Gasteiger partial charge in [0.25, 0.3) is 0 Å². The van der Waals surface area contributed by atoms with E-state index in [0.29, 0.717) is 54.0 Å². The van der Waals surface area contributed by atoms with Crippen LogP contribution in [-0.2, 0) is 11.3 Å². The van der Waals surface area contributed by atoms with Gasteiger partial charge in [0.2, 0.25) is 5.91 Å². The monoisotopic (exact) mass is 527 g/mol. The van der Waals surface area contributed by atoms with Gasteiger partial charge in [0.15, 0.2) is 6.61 Å². The molecule has 1 aromatic carbocycles. The summed E-state index contributed by atoms with van der Waals surface area (Å²) in [5, 5.41) is 5.04. The largest absolute Gasteiger partial charge is 0.482 e. The van der Waals surface area contributed by atoms with Crippen molar-refractivity contribution in [3.63, 3.8) is 0 Å². The summed E-state index contributed by atoms with van der Waals surface area (Å²) in [5.41, 5.74) is 2.50. The second kappa shape index (κ2) is 10.3. The SMILES string of the molecule is Cc1c(Cl)c(-c2ccccn2)nn1CC(=O)N1CCN(c2ccc(Cl)c(OCC(F)(F)F)c2)CC1. The quantitative estimate of drug-likeness (QED) is 0.458. The number of alkyl halides is 3. The van der Waals surface area contributed by atoms with Crippen molar-refractivity contribution < 1.29 is 22.7 Å². The lowest BCUT2D eigenvalue weighted by Crippen LogP contribution is -2.49. The van der Waals surface area contributed by atoms with E-state index in [2.05, 4.69) is 10.1 Å². The van der Waals surface area contributed by atoms with Crippen LogP contribution >= 0.6 is 23.2 Å². The Labute approximate surface area is 210 Å². The van der Waals surface area contributed by atoms with Gasteiger partial charge in [-0.15, -0.1) is 0 Å². The molecule has 0 spiro atoms. The van der Waals surface area contributed by atoms with Crippen LogP contribution in [0.3, 0.4) is 0 Å². The highest BCUT2D eigenvalue weighted by atomic mass is 35.5. The Morgan fingerprint density at radius 3 is 2.51 bits per heavy atom. The second-order valence-electron chi connectivity index (χ2n) is 8.01. The summed E-state index contributed by atoms with van der Waals surface area (Å²) in [7, 11) is 0. The van der Waals surface area contributed by atoms with Crippen LogP contribution in [0, 0.1) is 6.92 Å². The minimum atomic E-state index is -4.46. The lowest BCUT2D eigenvalue weighted by Gasteiger charge is -2.36. The van der Waals surface area contributed by atoms with Gasteiger partial charge >= 0.3 is 6.18 Å². The molecule has 0 radical (unpaired) electrons. The zero-order valence-electron chi connectivity index (χ0n) is 18.7. The highest BCUT2D eigenvalue weighted by Crippen LogP contribution is 2.32. The summed E-state index contributed by atoms with van der Waals surface area (Å²) in [6, 6.07) is 10.1. The number of pyridine rings is 1. The number of anilines is 1. The Morgan fingerprint density at radius 1 is 1.11 bits per heavy atom. The van der Waals surface area contributed by atoms with E-state index >= 15 is 0 Å². The van der Waals surface area contributed by atoms with E-state index in [0.717, 1.165) is 0 Å². The van der Waals surface area contributed by atoms with Crippen molar-refractivity contribution in [2.45, 2.75) is 19.6 Å². The molecule has 0 saturated carbocycles. The molecule has 7 nitrogen and oxygen atoms in total. The van der Waals surface area contributed by atoms with E-state index in [1.165, 1.54) is 12.1 Å². The van der Waals surface area contributed by atoms with Crippen LogP contribution in [0.2, 0.25) is 10.0 Å². The van der Waals surface area contributed by atoms with Crippen LogP contribution < -0.4 is 9.64 Å². The Hall–Kier alpha value is -2.98. The molecule has 0 atom stereocenters. The maximum Gasteiger partial charge on any atom is 0.422 e. The number of hydrogen-bond donors (Lipinski definition) is 0. The molecular formula is C23H22Cl2F3N5O2. The van der Waals surface area contributed by atoms with E-state index in [-0.39, 0.29) is 23.2 Å². The number of aromatic nitrogens is 3. The van der Waals surface area contributed by atoms with E-state index in [1.54, 1.807) is 40.9 Å². The maximum absolute atomic E-state index is 12.9. The van der Waals surface area contributed by atoms with Gasteiger partial charge in [0, 0.05) is 44.1 Å². The van der Waals surface area contributed by atoms with Crippen molar-refractivity contribution in [2.24, 2.45) is 0 Å². The van der Waals surface area contributed by atoms with Crippen LogP contribution in [0.25, 0.3) is 11.4 Å². The molecule has 12 heteroatoms. The lowest BCUT2D eigenvalue weighted by molar-refractivity contribution is -0.153. The zero-order valence-corrected chi connectivity index (χ0v) is 20.2. The molecule has 0 bridgehead atoms. The van der Waals surface area contributed by atoms with Gasteiger partial charge in [0.1, 0.15) is 18.0 Å². The molecule has 0 aliphatic carbocycles. The molecule has 1 saturated heterocycles. The first kappa shape index (κ1) is 25.1. The Morgan fingerprint density at radius 2 is 1.86 bits per heavy atom. The van der Waals surface area contributed by atoms with E-state index < -0.39 is 12.8 Å². The molecule has 3 aromatic rings. The smallest absolute Gasteiger partial charge is 0.422 e. The third-order valence-electron chi connectivity index (χ3n) is 5.63. The van der Waals surface area contributed by atoms with Crippen molar-refractivity contribution in [3.8, 4) is 17.1 Å². The zero-order chi connectivity index (χ0) is 25.2. The number of piperazine rings is 1. The van der Waals surface area contributed by atoms with Gasteiger partial charge in [-0.25, -0.2) is 0 Å². The van der Waals surface area contributed by atoms with Crippen molar-refractivity contribution in [1.29, 1.82) is 0 Å². The summed E-state index contributed by atoms with van der Waals surface area (Å²) in [6.07, 6.45) is -2.81. The fourth-order valence-electron chi connectivity index (χ4n) is 3.75. The van der Waals surface area contributed by atoms with Crippen LogP contribution in [0.4, 0.5) is 18.9 Å². The number of amides is 1. The van der Waals surface area contributed by atoms with Gasteiger partial charge in [-0.3, -0.25) is 14.5 Å². The highest BCUT2D eigenvalue weighted by Gasteiger charge is 2.29. The van der Waals surface area contributed by atoms with Crippen LogP contribution in [0.15, 0.2) is 42.6 Å². The first-order valence-corrected chi connectivity index (χ1v) is 11.5. The fraction of sp³-hybridized carbons (Fsp3) is 0.348.